The lowest BCUT2D eigenvalue weighted by molar-refractivity contribution is 0.690. The van der Waals surface area contributed by atoms with Gasteiger partial charge in [0.2, 0.25) is 5.45 Å². The van der Waals surface area contributed by atoms with E-state index in [2.05, 4.69) is 0 Å². The van der Waals surface area contributed by atoms with Gasteiger partial charge < -0.3 is 0 Å². The molecule has 0 saturated carbocycles. The van der Waals surface area contributed by atoms with Gasteiger partial charge in [0, 0.05) is 6.08 Å². The van der Waals surface area contributed by atoms with Gasteiger partial charge >= 0.3 is 8.80 Å². The van der Waals surface area contributed by atoms with Crippen molar-refractivity contribution in [2.24, 2.45) is 0 Å². The van der Waals surface area contributed by atoms with Crippen LogP contribution in [0.1, 0.15) is 6.92 Å². The summed E-state index contributed by atoms with van der Waals surface area (Å²) in [6, 6.07) is 0. The normalized spacial score (nSPS) is 18.6. The first-order valence-corrected chi connectivity index (χ1v) is 4.60. The first-order chi connectivity index (χ1) is 3.72. The molecule has 8 heavy (non-hydrogen) atoms. The molecule has 0 aromatic heterocycles. The van der Waals surface area contributed by atoms with Crippen LogP contribution in [-0.4, -0.2) is 8.80 Å². The van der Waals surface area contributed by atoms with Crippen molar-refractivity contribution in [1.82, 2.24) is 0 Å². The minimum absolute atomic E-state index is 0.0903. The molecule has 0 fully saturated rings. The predicted octanol–water partition coefficient (Wildman–Crippen LogP) is 2.00. The SMILES string of the molecule is CC1=CC=C(F)[Si+]1C. The van der Waals surface area contributed by atoms with Gasteiger partial charge in [-0.25, -0.2) is 0 Å². The zero-order valence-corrected chi connectivity index (χ0v) is 6.03. The highest BCUT2D eigenvalue weighted by molar-refractivity contribution is 6.72. The van der Waals surface area contributed by atoms with Gasteiger partial charge in [-0.3, -0.25) is 0 Å². The molecule has 0 aliphatic carbocycles. The van der Waals surface area contributed by atoms with Crippen LogP contribution >= 0.6 is 0 Å². The molecule has 1 heterocycles. The molecule has 0 aromatic carbocycles. The van der Waals surface area contributed by atoms with E-state index in [1.54, 1.807) is 6.08 Å². The molecule has 42 valence electrons. The smallest absolute Gasteiger partial charge is 0.174 e. The van der Waals surface area contributed by atoms with Crippen molar-refractivity contribution in [1.29, 1.82) is 0 Å². The van der Waals surface area contributed by atoms with Crippen molar-refractivity contribution in [2.75, 3.05) is 0 Å². The molecule has 0 atom stereocenters. The van der Waals surface area contributed by atoms with Crippen LogP contribution in [0.4, 0.5) is 4.39 Å². The Bertz CT molecular complexity index is 140. The van der Waals surface area contributed by atoms with Gasteiger partial charge in [0.25, 0.3) is 0 Å². The highest BCUT2D eigenvalue weighted by Gasteiger charge is 2.33. The third-order valence-corrected chi connectivity index (χ3v) is 3.66. The fraction of sp³-hybridized carbons (Fsp3) is 0.333. The molecule has 0 amide bonds. The van der Waals surface area contributed by atoms with Crippen LogP contribution < -0.4 is 0 Å². The molecule has 0 nitrogen and oxygen atoms in total. The summed E-state index contributed by atoms with van der Waals surface area (Å²) in [5.41, 5.74) is 0.0903. The summed E-state index contributed by atoms with van der Waals surface area (Å²) in [5.74, 6) is 0. The molecule has 1 rings (SSSR count). The van der Waals surface area contributed by atoms with Crippen LogP contribution in [0.15, 0.2) is 22.8 Å². The molecule has 0 radical (unpaired) electrons. The quantitative estimate of drug-likeness (QED) is 0.437. The maximum absolute atomic E-state index is 12.4. The number of halogens is 1. The number of rotatable bonds is 0. The molecule has 0 saturated heterocycles. The summed E-state index contributed by atoms with van der Waals surface area (Å²) in [6.45, 7) is 3.95. The maximum atomic E-state index is 12.4. The second-order valence-corrected chi connectivity index (χ2v) is 4.51. The van der Waals surface area contributed by atoms with E-state index < -0.39 is 8.80 Å². The van der Waals surface area contributed by atoms with E-state index >= 15 is 0 Å². The molecule has 0 N–H and O–H groups in total. The van der Waals surface area contributed by atoms with Crippen molar-refractivity contribution < 1.29 is 4.39 Å². The number of hydrogen-bond donors (Lipinski definition) is 0. The van der Waals surface area contributed by atoms with Crippen molar-refractivity contribution in [3.05, 3.63) is 22.8 Å². The lowest BCUT2D eigenvalue weighted by Gasteiger charge is -1.80. The first-order valence-electron chi connectivity index (χ1n) is 2.60. The topological polar surface area (TPSA) is 0 Å². The Balaban J connectivity index is 2.75. The van der Waals surface area contributed by atoms with Crippen LogP contribution in [0.5, 0.6) is 0 Å². The summed E-state index contributed by atoms with van der Waals surface area (Å²) < 4.78 is 12.4. The van der Waals surface area contributed by atoms with E-state index in [9.17, 15) is 4.39 Å². The first kappa shape index (κ1) is 5.76. The highest BCUT2D eigenvalue weighted by Crippen LogP contribution is 2.17. The van der Waals surface area contributed by atoms with Gasteiger partial charge in [-0.2, -0.15) is 4.39 Å². The van der Waals surface area contributed by atoms with E-state index in [1.165, 1.54) is 5.20 Å². The molecule has 2 heteroatoms. The van der Waals surface area contributed by atoms with Gasteiger partial charge in [0.05, 0.1) is 11.7 Å². The van der Waals surface area contributed by atoms with Crippen LogP contribution in [0.25, 0.3) is 0 Å². The lowest BCUT2D eigenvalue weighted by Crippen LogP contribution is -2.05. The van der Waals surface area contributed by atoms with Gasteiger partial charge in [0.15, 0.2) is 0 Å². The monoisotopic (exact) mass is 127 g/mol. The summed E-state index contributed by atoms with van der Waals surface area (Å²) in [5, 5.41) is 1.22. The highest BCUT2D eigenvalue weighted by atomic mass is 28.3. The number of allylic oxidation sites excluding steroid dienone is 3. The molecule has 0 bridgehead atoms. The second kappa shape index (κ2) is 1.86. The molecule has 1 aliphatic heterocycles. The molecule has 1 aliphatic rings. The summed E-state index contributed by atoms with van der Waals surface area (Å²) in [6.07, 6.45) is 3.44. The van der Waals surface area contributed by atoms with Crippen LogP contribution in [0, 0.1) is 0 Å². The van der Waals surface area contributed by atoms with Crippen LogP contribution in [0.2, 0.25) is 6.55 Å². The predicted molar refractivity (Wildman–Crippen MR) is 34.6 cm³/mol. The van der Waals surface area contributed by atoms with E-state index in [1.807, 2.05) is 19.5 Å². The molecule has 0 aromatic rings. The third kappa shape index (κ3) is 0.756. The van der Waals surface area contributed by atoms with E-state index in [-0.39, 0.29) is 5.45 Å². The Labute approximate surface area is 50.3 Å². The molecule has 0 spiro atoms. The minimum Gasteiger partial charge on any atom is -0.174 e. The fourth-order valence-electron chi connectivity index (χ4n) is 0.637. The standard InChI is InChI=1S/C6H8FSi/c1-5-3-4-6(7)8(5)2/h3-4H,1-2H3/q+1. The Hall–Kier alpha value is -0.373. The third-order valence-electron chi connectivity index (χ3n) is 1.43. The largest absolute Gasteiger partial charge is 0.415 e. The minimum atomic E-state index is -0.857. The fourth-order valence-corrected chi connectivity index (χ4v) is 1.68. The van der Waals surface area contributed by atoms with E-state index in [0.29, 0.717) is 0 Å². The van der Waals surface area contributed by atoms with Crippen molar-refractivity contribution >= 4 is 8.80 Å². The average Bonchev–Trinajstić information content (AvgIpc) is 1.98. The summed E-state index contributed by atoms with van der Waals surface area (Å²) in [7, 11) is -0.857. The summed E-state index contributed by atoms with van der Waals surface area (Å²) in [4.78, 5) is 0. The molecular formula is C6H8FSi+. The molecular weight excluding hydrogens is 119 g/mol. The number of hydrogen-bond acceptors (Lipinski definition) is 0. The van der Waals surface area contributed by atoms with Crippen molar-refractivity contribution in [2.45, 2.75) is 13.5 Å². The van der Waals surface area contributed by atoms with Crippen molar-refractivity contribution in [3.8, 4) is 0 Å². The second-order valence-electron chi connectivity index (χ2n) is 1.99. The Morgan fingerprint density at radius 3 is 2.25 bits per heavy atom. The van der Waals surface area contributed by atoms with Gasteiger partial charge in [-0.05, 0) is 13.0 Å². The van der Waals surface area contributed by atoms with Gasteiger partial charge in [-0.15, -0.1) is 0 Å². The average molecular weight is 127 g/mol. The van der Waals surface area contributed by atoms with Crippen molar-refractivity contribution in [3.63, 3.8) is 0 Å². The van der Waals surface area contributed by atoms with E-state index in [4.69, 9.17) is 0 Å². The Kier molecular flexibility index (Phi) is 1.34. The molecule has 0 unspecified atom stereocenters. The lowest BCUT2D eigenvalue weighted by atomic mass is 10.5. The Morgan fingerprint density at radius 2 is 2.12 bits per heavy atom. The maximum Gasteiger partial charge on any atom is 0.415 e. The zero-order valence-electron chi connectivity index (χ0n) is 5.03. The Morgan fingerprint density at radius 1 is 1.50 bits per heavy atom. The van der Waals surface area contributed by atoms with Gasteiger partial charge in [0.1, 0.15) is 0 Å². The zero-order chi connectivity index (χ0) is 6.15. The summed E-state index contributed by atoms with van der Waals surface area (Å²) >= 11 is 0. The van der Waals surface area contributed by atoms with E-state index in [0.717, 1.165) is 0 Å². The van der Waals surface area contributed by atoms with Crippen LogP contribution in [-0.2, 0) is 0 Å². The van der Waals surface area contributed by atoms with Crippen LogP contribution in [0.3, 0.4) is 0 Å². The van der Waals surface area contributed by atoms with Gasteiger partial charge in [-0.1, -0.05) is 0 Å².